The normalized spacial score (nSPS) is 11.0. The van der Waals surface area contributed by atoms with Crippen molar-refractivity contribution in [2.75, 3.05) is 25.8 Å². The lowest BCUT2D eigenvalue weighted by atomic mass is 10.2. The molecular weight excluding hydrogens is 463 g/mol. The number of fused-ring (bicyclic) bond motifs is 3. The van der Waals surface area contributed by atoms with Gasteiger partial charge in [0.05, 0.1) is 19.4 Å². The average molecular weight is 479 g/mol. The van der Waals surface area contributed by atoms with Gasteiger partial charge in [0, 0.05) is 20.3 Å². The lowest BCUT2D eigenvalue weighted by Gasteiger charge is -2.08. The van der Waals surface area contributed by atoms with Crippen molar-refractivity contribution in [2.24, 2.45) is 0 Å². The maximum atomic E-state index is 11.6. The van der Waals surface area contributed by atoms with Gasteiger partial charge in [0.15, 0.2) is 6.61 Å². The molecule has 0 fully saturated rings. The SMILES string of the molecule is CCOC(=O)CONc1csc2c3cc(C(=O)OC)sc3cc-2c1.O=C(O)C(F)(F)F. The Bertz CT molecular complexity index is 1040. The average Bonchev–Trinajstić information content (AvgIpc) is 3.25. The van der Waals surface area contributed by atoms with Gasteiger partial charge in [0.2, 0.25) is 0 Å². The summed E-state index contributed by atoms with van der Waals surface area (Å²) in [5.41, 5.74) is 4.54. The number of ether oxygens (including phenoxy) is 2. The molecule has 1 aromatic rings. The number of carbonyl (C=O) groups excluding carboxylic acids is 2. The molecule has 0 aromatic carbocycles. The van der Waals surface area contributed by atoms with Crippen LogP contribution in [0.3, 0.4) is 0 Å². The van der Waals surface area contributed by atoms with Crippen LogP contribution < -0.4 is 5.48 Å². The second-order valence-electron chi connectivity index (χ2n) is 5.64. The Labute approximate surface area is 181 Å². The second-order valence-corrected chi connectivity index (χ2v) is 7.61. The minimum absolute atomic E-state index is 0.158. The number of rotatable bonds is 6. The van der Waals surface area contributed by atoms with Crippen LogP contribution in [0.4, 0.5) is 18.9 Å². The van der Waals surface area contributed by atoms with Crippen LogP contribution >= 0.6 is 22.7 Å². The molecule has 1 aliphatic heterocycles. The first-order valence-electron chi connectivity index (χ1n) is 8.43. The number of anilines is 1. The van der Waals surface area contributed by atoms with Crippen LogP contribution in [0.1, 0.15) is 16.6 Å². The number of nitrogens with one attached hydrogen (secondary N) is 1. The molecule has 8 nitrogen and oxygen atoms in total. The Morgan fingerprint density at radius 2 is 1.87 bits per heavy atom. The zero-order valence-electron chi connectivity index (χ0n) is 16.1. The van der Waals surface area contributed by atoms with Crippen LogP contribution in [0, 0.1) is 0 Å². The van der Waals surface area contributed by atoms with Crippen molar-refractivity contribution in [2.45, 2.75) is 13.1 Å². The molecule has 0 bridgehead atoms. The summed E-state index contributed by atoms with van der Waals surface area (Å²) in [4.78, 5) is 38.5. The van der Waals surface area contributed by atoms with E-state index in [1.807, 2.05) is 23.6 Å². The molecule has 0 atom stereocenters. The van der Waals surface area contributed by atoms with Gasteiger partial charge in [0.1, 0.15) is 4.88 Å². The number of hydrogen-bond donors (Lipinski definition) is 2. The van der Waals surface area contributed by atoms with Gasteiger partial charge in [-0.1, -0.05) is 0 Å². The van der Waals surface area contributed by atoms with E-state index in [9.17, 15) is 22.8 Å². The van der Waals surface area contributed by atoms with Crippen LogP contribution in [0.25, 0.3) is 20.5 Å². The van der Waals surface area contributed by atoms with Crippen molar-refractivity contribution >= 4 is 56.4 Å². The van der Waals surface area contributed by atoms with Crippen molar-refractivity contribution < 1.29 is 47.0 Å². The number of esters is 2. The van der Waals surface area contributed by atoms with Gasteiger partial charge in [-0.25, -0.2) is 14.4 Å². The Morgan fingerprint density at radius 3 is 2.45 bits per heavy atom. The molecule has 3 rings (SSSR count). The Morgan fingerprint density at radius 1 is 1.19 bits per heavy atom. The van der Waals surface area contributed by atoms with Crippen molar-refractivity contribution in [3.63, 3.8) is 0 Å². The Kier molecular flexibility index (Phi) is 8.19. The molecule has 0 spiro atoms. The minimum atomic E-state index is -5.08. The highest BCUT2D eigenvalue weighted by molar-refractivity contribution is 7.22. The number of thiophene rings is 1. The molecule has 31 heavy (non-hydrogen) atoms. The number of hydrogen-bond acceptors (Lipinski definition) is 9. The van der Waals surface area contributed by atoms with Crippen molar-refractivity contribution in [1.29, 1.82) is 0 Å². The van der Waals surface area contributed by atoms with E-state index in [2.05, 4.69) is 5.48 Å². The molecule has 0 saturated heterocycles. The monoisotopic (exact) mass is 479 g/mol. The molecule has 2 N–H and O–H groups in total. The molecule has 1 aliphatic carbocycles. The minimum Gasteiger partial charge on any atom is -0.475 e. The van der Waals surface area contributed by atoms with Crippen LogP contribution in [0.15, 0.2) is 23.6 Å². The molecular formula is C18H16F3NO7S2. The third-order valence-corrected chi connectivity index (χ3v) is 5.61. The van der Waals surface area contributed by atoms with Crippen molar-refractivity contribution in [3.05, 3.63) is 28.5 Å². The Hall–Kier alpha value is -2.90. The predicted molar refractivity (Wildman–Crippen MR) is 108 cm³/mol. The molecule has 0 saturated carbocycles. The zero-order chi connectivity index (χ0) is 23.2. The van der Waals surface area contributed by atoms with E-state index in [0.717, 1.165) is 26.2 Å². The highest BCUT2D eigenvalue weighted by Gasteiger charge is 2.38. The van der Waals surface area contributed by atoms with Gasteiger partial charge < -0.3 is 14.6 Å². The topological polar surface area (TPSA) is 111 Å². The van der Waals surface area contributed by atoms with Crippen LogP contribution in [0.5, 0.6) is 0 Å². The number of halogens is 3. The maximum Gasteiger partial charge on any atom is 0.490 e. The third-order valence-electron chi connectivity index (χ3n) is 3.48. The van der Waals surface area contributed by atoms with Gasteiger partial charge >= 0.3 is 24.1 Å². The summed E-state index contributed by atoms with van der Waals surface area (Å²) < 4.78 is 42.3. The van der Waals surface area contributed by atoms with Gasteiger partial charge in [-0.3, -0.25) is 10.3 Å². The highest BCUT2D eigenvalue weighted by atomic mass is 32.1. The fraction of sp³-hybridized carbons (Fsp3) is 0.278. The predicted octanol–water partition coefficient (Wildman–Crippen LogP) is 4.39. The third kappa shape index (κ3) is 6.54. The molecule has 0 radical (unpaired) electrons. The summed E-state index contributed by atoms with van der Waals surface area (Å²) in [6.07, 6.45) is -5.08. The molecule has 1 aromatic heterocycles. The van der Waals surface area contributed by atoms with Gasteiger partial charge in [-0.05, 0) is 30.7 Å². The van der Waals surface area contributed by atoms with E-state index in [0.29, 0.717) is 11.5 Å². The molecule has 0 amide bonds. The summed E-state index contributed by atoms with van der Waals surface area (Å²) in [6.45, 7) is 1.91. The summed E-state index contributed by atoms with van der Waals surface area (Å²) >= 11 is 2.95. The van der Waals surface area contributed by atoms with Gasteiger partial charge in [-0.15, -0.1) is 22.7 Å². The second kappa shape index (κ2) is 10.4. The van der Waals surface area contributed by atoms with Gasteiger partial charge in [0.25, 0.3) is 0 Å². The lowest BCUT2D eigenvalue weighted by molar-refractivity contribution is -0.192. The highest BCUT2D eigenvalue weighted by Crippen LogP contribution is 2.43. The summed E-state index contributed by atoms with van der Waals surface area (Å²) in [5.74, 6) is -3.49. The first-order valence-corrected chi connectivity index (χ1v) is 10.1. The standard InChI is InChI=1S/C16H15NO5S2.C2HF3O2/c1-3-21-14(18)7-22-17-10-4-9-5-12-11(15(9)23-8-10)6-13(24-12)16(19)20-2;3-2(4,5)1(6)7/h4-6,8,17H,3,7H2,1-2H3;(H,6,7). The zero-order valence-corrected chi connectivity index (χ0v) is 17.7. The number of carboxylic acid groups (broad SMARTS) is 1. The number of carboxylic acids is 1. The molecule has 0 unspecified atom stereocenters. The van der Waals surface area contributed by atoms with Crippen LogP contribution in [-0.2, 0) is 23.9 Å². The number of carbonyl (C=O) groups is 3. The summed E-state index contributed by atoms with van der Waals surface area (Å²) in [7, 11) is 1.38. The van der Waals surface area contributed by atoms with Crippen LogP contribution in [0.2, 0.25) is 0 Å². The first-order chi connectivity index (χ1) is 14.6. The molecule has 168 valence electrons. The number of methoxy groups -OCH3 is 1. The fourth-order valence-electron chi connectivity index (χ4n) is 2.25. The van der Waals surface area contributed by atoms with E-state index in [1.54, 1.807) is 6.92 Å². The van der Waals surface area contributed by atoms with E-state index >= 15 is 0 Å². The first kappa shape index (κ1) is 24.4. The van der Waals surface area contributed by atoms with Gasteiger partial charge in [-0.2, -0.15) is 13.2 Å². The largest absolute Gasteiger partial charge is 0.490 e. The molecule has 13 heteroatoms. The maximum absolute atomic E-state index is 11.6. The Balaban J connectivity index is 0.000000423. The van der Waals surface area contributed by atoms with Crippen molar-refractivity contribution in [3.8, 4) is 10.4 Å². The fourth-order valence-corrected chi connectivity index (χ4v) is 4.26. The number of alkyl halides is 3. The summed E-state index contributed by atoms with van der Waals surface area (Å²) in [6, 6.07) is 5.81. The smallest absolute Gasteiger partial charge is 0.475 e. The van der Waals surface area contributed by atoms with E-state index in [4.69, 9.17) is 24.2 Å². The lowest BCUT2D eigenvalue weighted by Crippen LogP contribution is -2.21. The van der Waals surface area contributed by atoms with E-state index in [-0.39, 0.29) is 12.6 Å². The quantitative estimate of drug-likeness (QED) is 0.396. The summed E-state index contributed by atoms with van der Waals surface area (Å²) in [5, 5.41) is 10.1. The van der Waals surface area contributed by atoms with Crippen LogP contribution in [-0.4, -0.2) is 49.5 Å². The van der Waals surface area contributed by atoms with Crippen molar-refractivity contribution in [1.82, 2.24) is 0 Å². The molecule has 2 heterocycles. The number of aliphatic carboxylic acids is 1. The van der Waals surface area contributed by atoms with E-state index < -0.39 is 18.1 Å². The van der Waals surface area contributed by atoms with E-state index in [1.165, 1.54) is 29.8 Å². The molecule has 2 aliphatic rings.